The molecule has 2 rings (SSSR count). The smallest absolute Gasteiger partial charge is 0.449 e. The van der Waals surface area contributed by atoms with E-state index in [-0.39, 0.29) is 0 Å². The molecule has 0 aliphatic carbocycles. The molecule has 0 bridgehead atoms. The third kappa shape index (κ3) is 3.38. The topological polar surface area (TPSA) is 46.5 Å². The zero-order valence-electron chi connectivity index (χ0n) is 11.7. The summed E-state index contributed by atoms with van der Waals surface area (Å²) in [5, 5.41) is 8.83. The van der Waals surface area contributed by atoms with Gasteiger partial charge in [-0.15, -0.1) is 0 Å². The quantitative estimate of drug-likeness (QED) is 0.652. The summed E-state index contributed by atoms with van der Waals surface area (Å²) in [6.45, 7) is 4.33. The van der Waals surface area contributed by atoms with Gasteiger partial charge in [-0.3, -0.25) is 0 Å². The van der Waals surface area contributed by atoms with Gasteiger partial charge in [0.15, 0.2) is 0 Å². The minimum atomic E-state index is -1.29. The molecule has 104 valence electrons. The fourth-order valence-corrected chi connectivity index (χ4v) is 2.27. The van der Waals surface area contributed by atoms with Crippen molar-refractivity contribution in [1.29, 1.82) is 0 Å². The lowest BCUT2D eigenvalue weighted by Crippen LogP contribution is -2.05. The van der Waals surface area contributed by atoms with Crippen LogP contribution in [0.25, 0.3) is 11.1 Å². The molecular weight excluding hydrogens is 252 g/mol. The number of carboxylic acid groups (broad SMARTS) is 1. The lowest BCUT2D eigenvalue weighted by atomic mass is 9.93. The number of rotatable bonds is 4. The fourth-order valence-electron chi connectivity index (χ4n) is 2.27. The molecule has 0 aromatic heterocycles. The second kappa shape index (κ2) is 6.24. The summed E-state index contributed by atoms with van der Waals surface area (Å²) in [6.07, 6.45) is -0.351. The molecule has 0 fully saturated rings. The molecule has 3 nitrogen and oxygen atoms in total. The van der Waals surface area contributed by atoms with Crippen LogP contribution < -0.4 is 4.74 Å². The molecule has 0 saturated heterocycles. The van der Waals surface area contributed by atoms with Crippen molar-refractivity contribution in [3.8, 4) is 16.9 Å². The molecule has 0 aliphatic rings. The van der Waals surface area contributed by atoms with Gasteiger partial charge < -0.3 is 9.84 Å². The van der Waals surface area contributed by atoms with Gasteiger partial charge in [0.2, 0.25) is 0 Å². The maximum Gasteiger partial charge on any atom is 0.511 e. The van der Waals surface area contributed by atoms with Crippen molar-refractivity contribution >= 4 is 6.16 Å². The molecule has 0 saturated carbocycles. The van der Waals surface area contributed by atoms with Gasteiger partial charge in [-0.25, -0.2) is 4.79 Å². The Morgan fingerprint density at radius 2 is 1.65 bits per heavy atom. The Bertz CT molecular complexity index is 603. The van der Waals surface area contributed by atoms with Crippen molar-refractivity contribution < 1.29 is 14.6 Å². The predicted octanol–water partition coefficient (Wildman–Crippen LogP) is 4.61. The summed E-state index contributed by atoms with van der Waals surface area (Å²) in [7, 11) is 0. The molecule has 2 aromatic carbocycles. The molecule has 0 heterocycles. The second-order valence-corrected chi connectivity index (χ2v) is 5.12. The van der Waals surface area contributed by atoms with E-state index in [1.54, 1.807) is 12.1 Å². The molecule has 0 amide bonds. The van der Waals surface area contributed by atoms with Crippen LogP contribution in [-0.2, 0) is 6.42 Å². The van der Waals surface area contributed by atoms with Crippen LogP contribution in [0, 0.1) is 5.92 Å². The van der Waals surface area contributed by atoms with Crippen molar-refractivity contribution in [1.82, 2.24) is 0 Å². The number of para-hydroxylation sites is 1. The van der Waals surface area contributed by atoms with Gasteiger partial charge in [0.05, 0.1) is 0 Å². The van der Waals surface area contributed by atoms with Crippen molar-refractivity contribution in [3.63, 3.8) is 0 Å². The van der Waals surface area contributed by atoms with E-state index in [9.17, 15) is 4.79 Å². The molecule has 0 aliphatic heterocycles. The van der Waals surface area contributed by atoms with E-state index >= 15 is 0 Å². The zero-order valence-corrected chi connectivity index (χ0v) is 11.7. The van der Waals surface area contributed by atoms with Gasteiger partial charge in [-0.05, 0) is 29.5 Å². The normalized spacial score (nSPS) is 10.6. The van der Waals surface area contributed by atoms with Gasteiger partial charge in [-0.2, -0.15) is 0 Å². The van der Waals surface area contributed by atoms with Gasteiger partial charge in [0, 0.05) is 5.56 Å². The van der Waals surface area contributed by atoms with Crippen molar-refractivity contribution in [3.05, 3.63) is 54.1 Å². The minimum Gasteiger partial charge on any atom is -0.449 e. The van der Waals surface area contributed by atoms with E-state index in [2.05, 4.69) is 19.9 Å². The first-order valence-electron chi connectivity index (χ1n) is 6.66. The Kier molecular flexibility index (Phi) is 4.41. The first-order chi connectivity index (χ1) is 9.58. The lowest BCUT2D eigenvalue weighted by Gasteiger charge is -2.14. The largest absolute Gasteiger partial charge is 0.511 e. The van der Waals surface area contributed by atoms with E-state index in [1.165, 1.54) is 5.56 Å². The Hall–Kier alpha value is -2.29. The van der Waals surface area contributed by atoms with Crippen molar-refractivity contribution in [2.45, 2.75) is 20.3 Å². The van der Waals surface area contributed by atoms with Gasteiger partial charge in [0.1, 0.15) is 5.75 Å². The highest BCUT2D eigenvalue weighted by Gasteiger charge is 2.12. The van der Waals surface area contributed by atoms with Crippen LogP contribution in [0.4, 0.5) is 4.79 Å². The molecule has 20 heavy (non-hydrogen) atoms. The summed E-state index contributed by atoms with van der Waals surface area (Å²) >= 11 is 0. The van der Waals surface area contributed by atoms with Crippen LogP contribution in [0.1, 0.15) is 19.4 Å². The van der Waals surface area contributed by atoms with Gasteiger partial charge >= 0.3 is 6.16 Å². The van der Waals surface area contributed by atoms with E-state index in [1.807, 2.05) is 30.3 Å². The molecule has 1 N–H and O–H groups in total. The van der Waals surface area contributed by atoms with Crippen LogP contribution in [0.2, 0.25) is 0 Å². The third-order valence-electron chi connectivity index (χ3n) is 3.02. The second-order valence-electron chi connectivity index (χ2n) is 5.12. The monoisotopic (exact) mass is 270 g/mol. The number of carbonyl (C=O) groups is 1. The summed E-state index contributed by atoms with van der Waals surface area (Å²) in [5.41, 5.74) is 3.04. The minimum absolute atomic E-state index is 0.371. The Labute approximate surface area is 118 Å². The van der Waals surface area contributed by atoms with Crippen LogP contribution in [0.3, 0.4) is 0 Å². The van der Waals surface area contributed by atoms with Crippen LogP contribution in [0.5, 0.6) is 5.75 Å². The van der Waals surface area contributed by atoms with Crippen molar-refractivity contribution in [2.75, 3.05) is 0 Å². The van der Waals surface area contributed by atoms with Crippen molar-refractivity contribution in [2.24, 2.45) is 5.92 Å². The highest BCUT2D eigenvalue weighted by molar-refractivity contribution is 5.76. The Balaban J connectivity index is 2.48. The summed E-state index contributed by atoms with van der Waals surface area (Å²) < 4.78 is 4.88. The van der Waals surface area contributed by atoms with E-state index in [4.69, 9.17) is 9.84 Å². The fraction of sp³-hybridized carbons (Fsp3) is 0.235. The zero-order chi connectivity index (χ0) is 14.5. The molecule has 3 heteroatoms. The van der Waals surface area contributed by atoms with E-state index < -0.39 is 6.16 Å². The Morgan fingerprint density at radius 3 is 2.30 bits per heavy atom. The standard InChI is InChI=1S/C17H18O3/c1-12(2)11-13-7-3-4-8-14(13)15-9-5-6-10-16(15)20-17(18)19/h3-10,12H,11H2,1-2H3,(H,18,19). The van der Waals surface area contributed by atoms with Crippen LogP contribution in [0.15, 0.2) is 48.5 Å². The molecule has 0 unspecified atom stereocenters. The average Bonchev–Trinajstić information content (AvgIpc) is 2.39. The number of benzene rings is 2. The summed E-state index contributed by atoms with van der Waals surface area (Å²) in [4.78, 5) is 10.8. The average molecular weight is 270 g/mol. The SMILES string of the molecule is CC(C)Cc1ccccc1-c1ccccc1OC(=O)O. The third-order valence-corrected chi connectivity index (χ3v) is 3.02. The van der Waals surface area contributed by atoms with Gasteiger partial charge in [0.25, 0.3) is 0 Å². The Morgan fingerprint density at radius 1 is 1.05 bits per heavy atom. The van der Waals surface area contributed by atoms with Crippen LogP contribution >= 0.6 is 0 Å². The highest BCUT2D eigenvalue weighted by Crippen LogP contribution is 2.33. The van der Waals surface area contributed by atoms with E-state index in [0.717, 1.165) is 17.5 Å². The first-order valence-corrected chi connectivity index (χ1v) is 6.66. The highest BCUT2D eigenvalue weighted by atomic mass is 16.7. The summed E-state index contributed by atoms with van der Waals surface area (Å²) in [5.74, 6) is 0.903. The summed E-state index contributed by atoms with van der Waals surface area (Å²) in [6, 6.07) is 15.3. The maximum absolute atomic E-state index is 10.8. The molecule has 0 radical (unpaired) electrons. The van der Waals surface area contributed by atoms with E-state index in [0.29, 0.717) is 11.7 Å². The number of hydrogen-bond acceptors (Lipinski definition) is 2. The molecule has 0 atom stereocenters. The first kappa shape index (κ1) is 14.1. The molecule has 0 spiro atoms. The molecular formula is C17H18O3. The maximum atomic E-state index is 10.8. The lowest BCUT2D eigenvalue weighted by molar-refractivity contribution is 0.144. The number of hydrogen-bond donors (Lipinski definition) is 1. The predicted molar refractivity (Wildman–Crippen MR) is 79.1 cm³/mol. The molecule has 2 aromatic rings. The van der Waals surface area contributed by atoms with Crippen LogP contribution in [-0.4, -0.2) is 11.3 Å². The number of ether oxygens (including phenoxy) is 1. The van der Waals surface area contributed by atoms with Gasteiger partial charge in [-0.1, -0.05) is 56.3 Å².